The quantitative estimate of drug-likeness (QED) is 0.606. The van der Waals surface area contributed by atoms with Gasteiger partial charge in [-0.05, 0) is 24.7 Å². The van der Waals surface area contributed by atoms with Gasteiger partial charge < -0.3 is 20.5 Å². The van der Waals surface area contributed by atoms with Gasteiger partial charge in [0.2, 0.25) is 0 Å². The van der Waals surface area contributed by atoms with Crippen molar-refractivity contribution in [1.82, 2.24) is 10.6 Å². The Morgan fingerprint density at radius 1 is 1.47 bits per heavy atom. The van der Waals surface area contributed by atoms with Crippen molar-refractivity contribution in [3.63, 3.8) is 0 Å². The second-order valence-electron chi connectivity index (χ2n) is 4.57. The van der Waals surface area contributed by atoms with Crippen LogP contribution >= 0.6 is 0 Å². The van der Waals surface area contributed by atoms with E-state index in [9.17, 15) is 9.59 Å². The molecule has 6 nitrogen and oxygen atoms in total. The Morgan fingerprint density at radius 3 is 2.59 bits per heavy atom. The van der Waals surface area contributed by atoms with Gasteiger partial charge in [-0.1, -0.05) is 6.92 Å². The number of carboxylic acids is 1. The van der Waals surface area contributed by atoms with E-state index in [1.807, 2.05) is 6.92 Å². The summed E-state index contributed by atoms with van der Waals surface area (Å²) in [6.07, 6.45) is 1.74. The number of hydrogen-bond acceptors (Lipinski definition) is 3. The van der Waals surface area contributed by atoms with Crippen LogP contribution in [0.15, 0.2) is 0 Å². The van der Waals surface area contributed by atoms with Crippen molar-refractivity contribution in [3.05, 3.63) is 0 Å². The van der Waals surface area contributed by atoms with Gasteiger partial charge in [0.05, 0.1) is 6.61 Å². The standard InChI is InChI=1S/C11H20N2O4/c1-7(6-17-2)5-12-11(16)13-9(10(14)15)8-3-4-8/h7-9H,3-6H2,1-2H3,(H,14,15)(H2,12,13,16). The fourth-order valence-electron chi connectivity index (χ4n) is 1.61. The zero-order chi connectivity index (χ0) is 12.8. The molecule has 6 heteroatoms. The van der Waals surface area contributed by atoms with Gasteiger partial charge in [0.15, 0.2) is 0 Å². The molecule has 0 heterocycles. The lowest BCUT2D eigenvalue weighted by atomic mass is 10.2. The first-order chi connectivity index (χ1) is 8.04. The molecule has 0 aromatic carbocycles. The van der Waals surface area contributed by atoms with Gasteiger partial charge in [-0.2, -0.15) is 0 Å². The van der Waals surface area contributed by atoms with Crippen LogP contribution in [-0.2, 0) is 9.53 Å². The summed E-state index contributed by atoms with van der Waals surface area (Å²) in [4.78, 5) is 22.4. The summed E-state index contributed by atoms with van der Waals surface area (Å²) < 4.78 is 4.94. The number of aliphatic carboxylic acids is 1. The Bertz CT molecular complexity index is 279. The number of carbonyl (C=O) groups excluding carboxylic acids is 1. The molecule has 0 aromatic rings. The van der Waals surface area contributed by atoms with E-state index in [2.05, 4.69) is 10.6 Å². The topological polar surface area (TPSA) is 87.7 Å². The van der Waals surface area contributed by atoms with Crippen molar-refractivity contribution in [2.45, 2.75) is 25.8 Å². The minimum absolute atomic E-state index is 0.0923. The number of rotatable bonds is 7. The number of hydrogen-bond donors (Lipinski definition) is 3. The maximum atomic E-state index is 11.5. The van der Waals surface area contributed by atoms with Crippen LogP contribution in [0.1, 0.15) is 19.8 Å². The summed E-state index contributed by atoms with van der Waals surface area (Å²) in [6.45, 7) is 2.97. The average molecular weight is 244 g/mol. The molecule has 1 rings (SSSR count). The summed E-state index contributed by atoms with van der Waals surface area (Å²) in [5, 5.41) is 14.1. The normalized spacial score (nSPS) is 18.2. The molecule has 2 atom stereocenters. The fraction of sp³-hybridized carbons (Fsp3) is 0.818. The first-order valence-corrected chi connectivity index (χ1v) is 5.80. The molecule has 2 unspecified atom stereocenters. The third-order valence-electron chi connectivity index (χ3n) is 2.71. The second kappa shape index (κ2) is 6.44. The van der Waals surface area contributed by atoms with Crippen molar-refractivity contribution in [2.24, 2.45) is 11.8 Å². The average Bonchev–Trinajstić information content (AvgIpc) is 3.07. The number of amides is 2. The van der Waals surface area contributed by atoms with Crippen LogP contribution in [0.3, 0.4) is 0 Å². The van der Waals surface area contributed by atoms with E-state index in [1.165, 1.54) is 0 Å². The molecule has 17 heavy (non-hydrogen) atoms. The molecule has 1 aliphatic carbocycles. The third-order valence-corrected chi connectivity index (χ3v) is 2.71. The molecule has 1 fully saturated rings. The van der Waals surface area contributed by atoms with Crippen LogP contribution in [0.25, 0.3) is 0 Å². The number of ether oxygens (including phenoxy) is 1. The van der Waals surface area contributed by atoms with Gasteiger partial charge in [0.1, 0.15) is 6.04 Å². The summed E-state index contributed by atoms with van der Waals surface area (Å²) in [6, 6.07) is -1.18. The number of carboxylic acid groups (broad SMARTS) is 1. The van der Waals surface area contributed by atoms with E-state index in [4.69, 9.17) is 9.84 Å². The zero-order valence-electron chi connectivity index (χ0n) is 10.2. The van der Waals surface area contributed by atoms with E-state index in [0.717, 1.165) is 12.8 Å². The Labute approximate surface area is 101 Å². The lowest BCUT2D eigenvalue weighted by Crippen LogP contribution is -2.48. The molecule has 0 aliphatic heterocycles. The molecule has 0 aromatic heterocycles. The molecular weight excluding hydrogens is 224 g/mol. The van der Waals surface area contributed by atoms with Crippen molar-refractivity contribution < 1.29 is 19.4 Å². The summed E-state index contributed by atoms with van der Waals surface area (Å²) >= 11 is 0. The predicted molar refractivity (Wildman–Crippen MR) is 61.7 cm³/mol. The number of urea groups is 1. The van der Waals surface area contributed by atoms with Crippen molar-refractivity contribution >= 4 is 12.0 Å². The monoisotopic (exact) mass is 244 g/mol. The van der Waals surface area contributed by atoms with Crippen LogP contribution in [0.5, 0.6) is 0 Å². The number of carbonyl (C=O) groups is 2. The van der Waals surface area contributed by atoms with Crippen molar-refractivity contribution in [1.29, 1.82) is 0 Å². The van der Waals surface area contributed by atoms with Gasteiger partial charge >= 0.3 is 12.0 Å². The van der Waals surface area contributed by atoms with E-state index in [-0.39, 0.29) is 11.8 Å². The lowest BCUT2D eigenvalue weighted by Gasteiger charge is -2.16. The molecule has 0 bridgehead atoms. The smallest absolute Gasteiger partial charge is 0.326 e. The molecule has 1 aliphatic rings. The molecular formula is C11H20N2O4. The number of methoxy groups -OCH3 is 1. The first kappa shape index (κ1) is 13.8. The minimum atomic E-state index is -0.965. The predicted octanol–water partition coefficient (Wildman–Crippen LogP) is 0.431. The Balaban J connectivity index is 2.25. The molecule has 0 spiro atoms. The lowest BCUT2D eigenvalue weighted by molar-refractivity contribution is -0.139. The SMILES string of the molecule is COCC(C)CNC(=O)NC(C(=O)O)C1CC1. The summed E-state index contributed by atoms with van der Waals surface area (Å²) in [5.41, 5.74) is 0. The highest BCUT2D eigenvalue weighted by atomic mass is 16.5. The molecule has 0 radical (unpaired) electrons. The summed E-state index contributed by atoms with van der Waals surface area (Å²) in [5.74, 6) is -0.669. The Hall–Kier alpha value is -1.30. The van der Waals surface area contributed by atoms with Gasteiger partial charge in [-0.3, -0.25) is 0 Å². The first-order valence-electron chi connectivity index (χ1n) is 5.80. The van der Waals surface area contributed by atoms with Crippen LogP contribution in [0.2, 0.25) is 0 Å². The maximum absolute atomic E-state index is 11.5. The highest BCUT2D eigenvalue weighted by molar-refractivity contribution is 5.83. The number of nitrogens with one attached hydrogen (secondary N) is 2. The molecule has 3 N–H and O–H groups in total. The van der Waals surface area contributed by atoms with Gasteiger partial charge in [0.25, 0.3) is 0 Å². The van der Waals surface area contributed by atoms with Crippen molar-refractivity contribution in [3.8, 4) is 0 Å². The second-order valence-corrected chi connectivity index (χ2v) is 4.57. The zero-order valence-corrected chi connectivity index (χ0v) is 10.2. The van der Waals surface area contributed by atoms with Crippen LogP contribution < -0.4 is 10.6 Å². The van der Waals surface area contributed by atoms with E-state index >= 15 is 0 Å². The summed E-state index contributed by atoms with van der Waals surface area (Å²) in [7, 11) is 1.60. The van der Waals surface area contributed by atoms with E-state index in [0.29, 0.717) is 13.2 Å². The highest BCUT2D eigenvalue weighted by Gasteiger charge is 2.37. The molecule has 1 saturated carbocycles. The molecule has 2 amide bonds. The van der Waals surface area contributed by atoms with Gasteiger partial charge in [-0.15, -0.1) is 0 Å². The van der Waals surface area contributed by atoms with E-state index < -0.39 is 18.0 Å². The molecule has 98 valence electrons. The maximum Gasteiger partial charge on any atom is 0.326 e. The fourth-order valence-corrected chi connectivity index (χ4v) is 1.61. The van der Waals surface area contributed by atoms with E-state index in [1.54, 1.807) is 7.11 Å². The molecule has 0 saturated heterocycles. The third kappa shape index (κ3) is 5.04. The van der Waals surface area contributed by atoms with Crippen LogP contribution in [-0.4, -0.2) is 43.4 Å². The highest BCUT2D eigenvalue weighted by Crippen LogP contribution is 2.32. The van der Waals surface area contributed by atoms with Gasteiger partial charge in [-0.25, -0.2) is 9.59 Å². The van der Waals surface area contributed by atoms with Crippen LogP contribution in [0, 0.1) is 11.8 Å². The Morgan fingerprint density at radius 2 is 2.12 bits per heavy atom. The van der Waals surface area contributed by atoms with Crippen LogP contribution in [0.4, 0.5) is 4.79 Å². The van der Waals surface area contributed by atoms with Crippen molar-refractivity contribution in [2.75, 3.05) is 20.3 Å². The largest absolute Gasteiger partial charge is 0.480 e. The van der Waals surface area contributed by atoms with Gasteiger partial charge in [0, 0.05) is 13.7 Å². The minimum Gasteiger partial charge on any atom is -0.480 e. The Kier molecular flexibility index (Phi) is 5.21.